The van der Waals surface area contributed by atoms with Crippen LogP contribution in [-0.2, 0) is 0 Å². The molecule has 4 heteroatoms. The van der Waals surface area contributed by atoms with Crippen molar-refractivity contribution >= 4 is 11.3 Å². The first-order valence-electron chi connectivity index (χ1n) is 5.84. The highest BCUT2D eigenvalue weighted by molar-refractivity contribution is 7.08. The Morgan fingerprint density at radius 2 is 2.00 bits per heavy atom. The summed E-state index contributed by atoms with van der Waals surface area (Å²) in [6.45, 7) is 4.69. The maximum absolute atomic E-state index is 13.9. The molecule has 96 valence electrons. The Morgan fingerprint density at radius 1 is 1.22 bits per heavy atom. The van der Waals surface area contributed by atoms with Crippen LogP contribution in [-0.4, -0.2) is 6.54 Å². The van der Waals surface area contributed by atoms with Gasteiger partial charge in [-0.2, -0.15) is 11.3 Å². The molecule has 0 fully saturated rings. The van der Waals surface area contributed by atoms with Crippen molar-refractivity contribution in [3.05, 3.63) is 57.3 Å². The van der Waals surface area contributed by atoms with Crippen LogP contribution in [0, 0.1) is 18.6 Å². The highest BCUT2D eigenvalue weighted by atomic mass is 32.1. The third-order valence-electron chi connectivity index (χ3n) is 2.89. The maximum Gasteiger partial charge on any atom is 0.131 e. The van der Waals surface area contributed by atoms with Crippen molar-refractivity contribution in [3.8, 4) is 0 Å². The van der Waals surface area contributed by atoms with Crippen LogP contribution in [0.5, 0.6) is 0 Å². The van der Waals surface area contributed by atoms with Crippen molar-refractivity contribution < 1.29 is 8.78 Å². The second-order valence-corrected chi connectivity index (χ2v) is 4.91. The number of aryl methyl sites for hydroxylation is 1. The van der Waals surface area contributed by atoms with Crippen LogP contribution in [0.1, 0.15) is 29.7 Å². The molecule has 0 spiro atoms. The molecule has 1 atom stereocenters. The number of hydrogen-bond donors (Lipinski definition) is 1. The van der Waals surface area contributed by atoms with E-state index in [0.717, 1.165) is 23.7 Å². The first-order chi connectivity index (χ1) is 8.63. The lowest BCUT2D eigenvalue weighted by molar-refractivity contribution is 0.541. The largest absolute Gasteiger partial charge is 0.306 e. The van der Waals surface area contributed by atoms with Crippen LogP contribution in [0.15, 0.2) is 29.0 Å². The van der Waals surface area contributed by atoms with E-state index in [1.165, 1.54) is 12.1 Å². The summed E-state index contributed by atoms with van der Waals surface area (Å²) in [6.07, 6.45) is 0. The van der Waals surface area contributed by atoms with Crippen molar-refractivity contribution in [1.82, 2.24) is 5.32 Å². The van der Waals surface area contributed by atoms with Crippen molar-refractivity contribution in [2.45, 2.75) is 19.9 Å². The molecule has 0 aliphatic heterocycles. The van der Waals surface area contributed by atoms with Gasteiger partial charge < -0.3 is 5.32 Å². The number of rotatable bonds is 4. The molecule has 1 aromatic carbocycles. The fourth-order valence-corrected chi connectivity index (χ4v) is 2.87. The molecule has 1 unspecified atom stereocenters. The van der Waals surface area contributed by atoms with Crippen LogP contribution < -0.4 is 5.32 Å². The van der Waals surface area contributed by atoms with Gasteiger partial charge in [-0.3, -0.25) is 0 Å². The topological polar surface area (TPSA) is 12.0 Å². The van der Waals surface area contributed by atoms with Gasteiger partial charge in [0.2, 0.25) is 0 Å². The number of thiophene rings is 1. The molecular weight excluding hydrogens is 252 g/mol. The summed E-state index contributed by atoms with van der Waals surface area (Å²) < 4.78 is 26.8. The van der Waals surface area contributed by atoms with E-state index < -0.39 is 11.6 Å². The Hall–Kier alpha value is -1.26. The molecule has 1 aromatic heterocycles. The zero-order chi connectivity index (χ0) is 13.1. The minimum absolute atomic E-state index is 0.221. The number of halogens is 2. The molecule has 0 aliphatic carbocycles. The van der Waals surface area contributed by atoms with Gasteiger partial charge in [-0.1, -0.05) is 13.0 Å². The van der Waals surface area contributed by atoms with Gasteiger partial charge in [0.15, 0.2) is 0 Å². The van der Waals surface area contributed by atoms with Crippen LogP contribution >= 0.6 is 11.3 Å². The van der Waals surface area contributed by atoms with E-state index in [-0.39, 0.29) is 6.04 Å². The number of hydrogen-bond acceptors (Lipinski definition) is 2. The fraction of sp³-hybridized carbons (Fsp3) is 0.286. The molecule has 0 amide bonds. The van der Waals surface area contributed by atoms with E-state index in [1.807, 2.05) is 24.6 Å². The summed E-state index contributed by atoms with van der Waals surface area (Å²) in [5, 5.41) is 7.28. The van der Waals surface area contributed by atoms with Crippen molar-refractivity contribution in [2.75, 3.05) is 6.54 Å². The van der Waals surface area contributed by atoms with E-state index in [9.17, 15) is 8.78 Å². The van der Waals surface area contributed by atoms with Crippen LogP contribution in [0.4, 0.5) is 8.78 Å². The van der Waals surface area contributed by atoms with Gasteiger partial charge in [-0.05, 0) is 41.4 Å². The third kappa shape index (κ3) is 2.60. The molecule has 0 saturated carbocycles. The quantitative estimate of drug-likeness (QED) is 0.881. The van der Waals surface area contributed by atoms with Gasteiger partial charge in [0.25, 0.3) is 0 Å². The average Bonchev–Trinajstić information content (AvgIpc) is 2.73. The second-order valence-electron chi connectivity index (χ2n) is 4.17. The lowest BCUT2D eigenvalue weighted by Gasteiger charge is -2.19. The van der Waals surface area contributed by atoms with Gasteiger partial charge in [-0.15, -0.1) is 0 Å². The fourth-order valence-electron chi connectivity index (χ4n) is 1.99. The molecule has 1 nitrogen and oxygen atoms in total. The predicted octanol–water partition coefficient (Wildman–Crippen LogP) is 4.03. The normalized spacial score (nSPS) is 12.7. The lowest BCUT2D eigenvalue weighted by Crippen LogP contribution is -2.23. The zero-order valence-electron chi connectivity index (χ0n) is 10.3. The molecule has 18 heavy (non-hydrogen) atoms. The van der Waals surface area contributed by atoms with E-state index in [1.54, 1.807) is 11.3 Å². The van der Waals surface area contributed by atoms with E-state index in [2.05, 4.69) is 5.32 Å². The summed E-state index contributed by atoms with van der Waals surface area (Å²) in [4.78, 5) is 0. The van der Waals surface area contributed by atoms with Crippen molar-refractivity contribution in [2.24, 2.45) is 0 Å². The minimum atomic E-state index is -0.548. The number of nitrogens with one attached hydrogen (secondary N) is 1. The summed E-state index contributed by atoms with van der Waals surface area (Å²) >= 11 is 1.59. The molecule has 0 radical (unpaired) electrons. The van der Waals surface area contributed by atoms with Crippen LogP contribution in [0.2, 0.25) is 0 Å². The van der Waals surface area contributed by atoms with Crippen molar-refractivity contribution in [1.29, 1.82) is 0 Å². The van der Waals surface area contributed by atoms with E-state index >= 15 is 0 Å². The minimum Gasteiger partial charge on any atom is -0.306 e. The molecule has 0 bridgehead atoms. The van der Waals surface area contributed by atoms with Crippen LogP contribution in [0.3, 0.4) is 0 Å². The standard InChI is InChI=1S/C14H15F2NS/c1-3-17-14(12-8-18-7-9(12)2)11-5-4-10(15)6-13(11)16/h4-8,14,17H,3H2,1-2H3. The smallest absolute Gasteiger partial charge is 0.131 e. The van der Waals surface area contributed by atoms with Crippen LogP contribution in [0.25, 0.3) is 0 Å². The van der Waals surface area contributed by atoms with Gasteiger partial charge in [0, 0.05) is 11.6 Å². The average molecular weight is 267 g/mol. The zero-order valence-corrected chi connectivity index (χ0v) is 11.2. The molecule has 0 saturated heterocycles. The highest BCUT2D eigenvalue weighted by Crippen LogP contribution is 2.29. The molecular formula is C14H15F2NS. The SMILES string of the molecule is CCNC(c1cscc1C)c1ccc(F)cc1F. The molecule has 1 N–H and O–H groups in total. The molecule has 2 rings (SSSR count). The molecule has 0 aliphatic rings. The van der Waals surface area contributed by atoms with Gasteiger partial charge in [0.05, 0.1) is 6.04 Å². The Balaban J connectivity index is 2.45. The van der Waals surface area contributed by atoms with Gasteiger partial charge in [0.1, 0.15) is 11.6 Å². The van der Waals surface area contributed by atoms with Crippen molar-refractivity contribution in [3.63, 3.8) is 0 Å². The summed E-state index contributed by atoms with van der Waals surface area (Å²) in [5.74, 6) is -1.06. The highest BCUT2D eigenvalue weighted by Gasteiger charge is 2.19. The Morgan fingerprint density at radius 3 is 2.56 bits per heavy atom. The monoisotopic (exact) mass is 267 g/mol. The molecule has 1 heterocycles. The molecule has 2 aromatic rings. The Kier molecular flexibility index (Phi) is 4.09. The number of benzene rings is 1. The van der Waals surface area contributed by atoms with E-state index in [4.69, 9.17) is 0 Å². The first-order valence-corrected chi connectivity index (χ1v) is 6.78. The maximum atomic E-state index is 13.9. The third-order valence-corrected chi connectivity index (χ3v) is 3.77. The Labute approximate surface area is 109 Å². The Bertz CT molecular complexity index is 536. The second kappa shape index (κ2) is 5.59. The summed E-state index contributed by atoms with van der Waals surface area (Å²) in [7, 11) is 0. The lowest BCUT2D eigenvalue weighted by atomic mass is 9.98. The van der Waals surface area contributed by atoms with Gasteiger partial charge in [-0.25, -0.2) is 8.78 Å². The van der Waals surface area contributed by atoms with Gasteiger partial charge >= 0.3 is 0 Å². The predicted molar refractivity (Wildman–Crippen MR) is 70.9 cm³/mol. The summed E-state index contributed by atoms with van der Waals surface area (Å²) in [6, 6.07) is 3.52. The first kappa shape index (κ1) is 13.2. The summed E-state index contributed by atoms with van der Waals surface area (Å²) in [5.41, 5.74) is 2.65. The van der Waals surface area contributed by atoms with E-state index in [0.29, 0.717) is 5.56 Å².